The molecule has 1 N–H and O–H groups in total. The molecule has 0 saturated heterocycles. The van der Waals surface area contributed by atoms with Gasteiger partial charge in [0.05, 0.1) is 7.11 Å². The van der Waals surface area contributed by atoms with Crippen LogP contribution in [0.25, 0.3) is 11.1 Å². The molecule has 1 aromatic heterocycles. The Labute approximate surface area is 160 Å². The van der Waals surface area contributed by atoms with E-state index in [2.05, 4.69) is 16.9 Å². The zero-order valence-corrected chi connectivity index (χ0v) is 14.9. The van der Waals surface area contributed by atoms with Crippen LogP contribution in [0.1, 0.15) is 0 Å². The van der Waals surface area contributed by atoms with Gasteiger partial charge in [0.1, 0.15) is 5.75 Å². The number of rotatable bonds is 6. The molecule has 0 aliphatic rings. The average molecular weight is 382 g/mol. The third-order valence-corrected chi connectivity index (χ3v) is 3.85. The van der Waals surface area contributed by atoms with E-state index in [4.69, 9.17) is 9.47 Å². The van der Waals surface area contributed by atoms with Crippen LogP contribution >= 0.6 is 0 Å². The predicted octanol–water partition coefficient (Wildman–Crippen LogP) is 4.95. The lowest BCUT2D eigenvalue weighted by molar-refractivity contribution is -0.111. The van der Waals surface area contributed by atoms with Crippen LogP contribution in [0, 0.1) is 11.6 Å². The maximum absolute atomic E-state index is 14.6. The van der Waals surface area contributed by atoms with Crippen LogP contribution in [0.4, 0.5) is 14.5 Å². The number of carbonyl (C=O) groups is 1. The van der Waals surface area contributed by atoms with E-state index in [1.807, 2.05) is 0 Å². The molecule has 2 aromatic carbocycles. The lowest BCUT2D eigenvalue weighted by Gasteiger charge is -2.16. The standard InChI is InChI=1S/C21H16F2N2O3/c1-3-18(26)25-17-10-7-13(27-2)12-15(17)14-8-9-16(22)20(23)21(14)28-19-6-4-5-11-24-19/h3-12H,1H2,2H3,(H,25,26). The van der Waals surface area contributed by atoms with Gasteiger partial charge in [-0.05, 0) is 42.5 Å². The van der Waals surface area contributed by atoms with Crippen LogP contribution in [0.2, 0.25) is 0 Å². The SMILES string of the molecule is C=CC(=O)Nc1ccc(OC)cc1-c1ccc(F)c(F)c1Oc1ccccn1. The van der Waals surface area contributed by atoms with E-state index in [0.29, 0.717) is 17.0 Å². The highest BCUT2D eigenvalue weighted by Crippen LogP contribution is 2.41. The van der Waals surface area contributed by atoms with Gasteiger partial charge in [-0.3, -0.25) is 4.79 Å². The van der Waals surface area contributed by atoms with Gasteiger partial charge in [0, 0.05) is 29.1 Å². The minimum absolute atomic E-state index is 0.0906. The smallest absolute Gasteiger partial charge is 0.247 e. The highest BCUT2D eigenvalue weighted by atomic mass is 19.2. The molecule has 3 rings (SSSR count). The molecule has 0 unspecified atom stereocenters. The van der Waals surface area contributed by atoms with Crippen molar-refractivity contribution in [3.63, 3.8) is 0 Å². The number of hydrogen-bond donors (Lipinski definition) is 1. The van der Waals surface area contributed by atoms with Crippen molar-refractivity contribution < 1.29 is 23.0 Å². The second-order valence-corrected chi connectivity index (χ2v) is 5.61. The first kappa shape index (κ1) is 19.0. The molecule has 28 heavy (non-hydrogen) atoms. The van der Waals surface area contributed by atoms with Gasteiger partial charge >= 0.3 is 0 Å². The summed E-state index contributed by atoms with van der Waals surface area (Å²) in [5.74, 6) is -2.52. The summed E-state index contributed by atoms with van der Waals surface area (Å²) in [5.41, 5.74) is 0.935. The lowest BCUT2D eigenvalue weighted by Crippen LogP contribution is -2.09. The molecule has 0 saturated carbocycles. The third kappa shape index (κ3) is 3.98. The van der Waals surface area contributed by atoms with Crippen molar-refractivity contribution in [1.82, 2.24) is 4.98 Å². The fourth-order valence-electron chi connectivity index (χ4n) is 2.52. The Bertz CT molecular complexity index is 1020. The van der Waals surface area contributed by atoms with E-state index in [0.717, 1.165) is 12.1 Å². The van der Waals surface area contributed by atoms with Crippen LogP contribution in [0.5, 0.6) is 17.4 Å². The van der Waals surface area contributed by atoms with E-state index in [1.54, 1.807) is 30.3 Å². The number of anilines is 1. The molecule has 7 heteroatoms. The van der Waals surface area contributed by atoms with Crippen LogP contribution in [-0.4, -0.2) is 18.0 Å². The Morgan fingerprint density at radius 2 is 1.96 bits per heavy atom. The average Bonchev–Trinajstić information content (AvgIpc) is 2.72. The molecule has 0 bridgehead atoms. The molecule has 0 atom stereocenters. The molecule has 1 heterocycles. The Morgan fingerprint density at radius 1 is 1.14 bits per heavy atom. The first-order valence-corrected chi connectivity index (χ1v) is 8.22. The number of methoxy groups -OCH3 is 1. The molecule has 0 radical (unpaired) electrons. The van der Waals surface area contributed by atoms with Crippen molar-refractivity contribution in [2.75, 3.05) is 12.4 Å². The molecule has 0 aliphatic carbocycles. The molecule has 0 aliphatic heterocycles. The molecule has 0 spiro atoms. The summed E-state index contributed by atoms with van der Waals surface area (Å²) in [7, 11) is 1.47. The van der Waals surface area contributed by atoms with E-state index in [9.17, 15) is 13.6 Å². The van der Waals surface area contributed by atoms with E-state index < -0.39 is 17.5 Å². The van der Waals surface area contributed by atoms with Crippen LogP contribution in [-0.2, 0) is 4.79 Å². The van der Waals surface area contributed by atoms with E-state index in [-0.39, 0.29) is 17.2 Å². The molecule has 0 fully saturated rings. The monoisotopic (exact) mass is 382 g/mol. The van der Waals surface area contributed by atoms with Gasteiger partial charge in [-0.25, -0.2) is 9.37 Å². The lowest BCUT2D eigenvalue weighted by atomic mass is 10.0. The Morgan fingerprint density at radius 3 is 2.64 bits per heavy atom. The number of ether oxygens (including phenoxy) is 2. The Hall–Kier alpha value is -3.74. The summed E-state index contributed by atoms with van der Waals surface area (Å²) in [5, 5.41) is 2.64. The maximum atomic E-state index is 14.6. The topological polar surface area (TPSA) is 60.5 Å². The second-order valence-electron chi connectivity index (χ2n) is 5.61. The zero-order chi connectivity index (χ0) is 20.1. The van der Waals surface area contributed by atoms with Crippen molar-refractivity contribution in [2.24, 2.45) is 0 Å². The Balaban J connectivity index is 2.18. The number of carbonyl (C=O) groups excluding carboxylic acids is 1. The van der Waals surface area contributed by atoms with Gasteiger partial charge in [-0.15, -0.1) is 0 Å². The highest BCUT2D eigenvalue weighted by Gasteiger charge is 2.21. The van der Waals surface area contributed by atoms with Crippen molar-refractivity contribution in [3.8, 4) is 28.5 Å². The fourth-order valence-corrected chi connectivity index (χ4v) is 2.52. The highest BCUT2D eigenvalue weighted by molar-refractivity contribution is 6.02. The molecule has 142 valence electrons. The third-order valence-electron chi connectivity index (χ3n) is 3.85. The summed E-state index contributed by atoms with van der Waals surface area (Å²) in [6, 6.07) is 12.0. The minimum Gasteiger partial charge on any atom is -0.497 e. The van der Waals surface area contributed by atoms with E-state index >= 15 is 0 Å². The van der Waals surface area contributed by atoms with Gasteiger partial charge in [0.25, 0.3) is 0 Å². The van der Waals surface area contributed by atoms with Gasteiger partial charge < -0.3 is 14.8 Å². The van der Waals surface area contributed by atoms with Crippen molar-refractivity contribution in [3.05, 3.63) is 79.0 Å². The summed E-state index contributed by atoms with van der Waals surface area (Å²) in [6.45, 7) is 3.41. The number of amides is 1. The first-order valence-electron chi connectivity index (χ1n) is 8.22. The number of halogens is 2. The molecule has 3 aromatic rings. The van der Waals surface area contributed by atoms with Crippen molar-refractivity contribution in [2.45, 2.75) is 0 Å². The summed E-state index contributed by atoms with van der Waals surface area (Å²) in [4.78, 5) is 15.8. The molecular formula is C21H16F2N2O3. The van der Waals surface area contributed by atoms with E-state index in [1.165, 1.54) is 25.4 Å². The van der Waals surface area contributed by atoms with Gasteiger partial charge in [-0.1, -0.05) is 12.6 Å². The maximum Gasteiger partial charge on any atom is 0.247 e. The van der Waals surface area contributed by atoms with Gasteiger partial charge in [0.2, 0.25) is 17.6 Å². The predicted molar refractivity (Wildman–Crippen MR) is 101 cm³/mol. The first-order chi connectivity index (χ1) is 13.5. The fraction of sp³-hybridized carbons (Fsp3) is 0.0476. The molecule has 5 nitrogen and oxygen atoms in total. The van der Waals surface area contributed by atoms with Crippen LogP contribution in [0.3, 0.4) is 0 Å². The number of pyridine rings is 1. The van der Waals surface area contributed by atoms with Crippen LogP contribution in [0.15, 0.2) is 67.4 Å². The number of nitrogens with one attached hydrogen (secondary N) is 1. The number of aromatic nitrogens is 1. The zero-order valence-electron chi connectivity index (χ0n) is 14.9. The number of hydrogen-bond acceptors (Lipinski definition) is 4. The Kier molecular flexibility index (Phi) is 5.64. The summed E-state index contributed by atoms with van der Waals surface area (Å²) in [6.07, 6.45) is 2.57. The van der Waals surface area contributed by atoms with Crippen molar-refractivity contribution in [1.29, 1.82) is 0 Å². The van der Waals surface area contributed by atoms with Crippen molar-refractivity contribution >= 4 is 11.6 Å². The normalized spacial score (nSPS) is 10.2. The largest absolute Gasteiger partial charge is 0.497 e. The second kappa shape index (κ2) is 8.30. The number of benzene rings is 2. The number of nitrogens with zero attached hydrogens (tertiary/aromatic N) is 1. The van der Waals surface area contributed by atoms with Gasteiger partial charge in [0.15, 0.2) is 11.6 Å². The summed E-state index contributed by atoms with van der Waals surface area (Å²) < 4.78 is 39.3. The van der Waals surface area contributed by atoms with Crippen LogP contribution < -0.4 is 14.8 Å². The quantitative estimate of drug-likeness (QED) is 0.613. The molecular weight excluding hydrogens is 366 g/mol. The summed E-state index contributed by atoms with van der Waals surface area (Å²) >= 11 is 0. The van der Waals surface area contributed by atoms with Gasteiger partial charge in [-0.2, -0.15) is 4.39 Å². The minimum atomic E-state index is -1.17. The molecule has 1 amide bonds.